The van der Waals surface area contributed by atoms with E-state index in [1.807, 2.05) is 55.5 Å². The normalized spacial score (nSPS) is 12.1. The van der Waals surface area contributed by atoms with Crippen LogP contribution in [0.15, 0.2) is 60.7 Å². The molecule has 2 rings (SSSR count). The molecule has 3 N–H and O–H groups in total. The third-order valence-corrected chi connectivity index (χ3v) is 4.05. The number of nitrogens with zero attached hydrogens (tertiary/aromatic N) is 1. The number of nitrogens with one attached hydrogen (secondary N) is 1. The first kappa shape index (κ1) is 18.2. The third kappa shape index (κ3) is 6.14. The molecule has 0 heterocycles. The molecule has 2 aromatic carbocycles. The van der Waals surface area contributed by atoms with Crippen LogP contribution in [0.2, 0.25) is 0 Å². The molecule has 1 unspecified atom stereocenters. The van der Waals surface area contributed by atoms with Gasteiger partial charge in [0, 0.05) is 19.6 Å². The lowest BCUT2D eigenvalue weighted by Gasteiger charge is -2.22. The summed E-state index contributed by atoms with van der Waals surface area (Å²) in [5.41, 5.74) is 8.08. The number of carbonyl (C=O) groups excluding carboxylic acids is 1. The van der Waals surface area contributed by atoms with Gasteiger partial charge in [-0.25, -0.2) is 0 Å². The maximum Gasteiger partial charge on any atom is 0.234 e. The molecule has 0 bridgehead atoms. The lowest BCUT2D eigenvalue weighted by Crippen LogP contribution is -2.41. The van der Waals surface area contributed by atoms with Crippen molar-refractivity contribution in [3.8, 4) is 0 Å². The second kappa shape index (κ2) is 9.85. The fourth-order valence-electron chi connectivity index (χ4n) is 2.70. The summed E-state index contributed by atoms with van der Waals surface area (Å²) in [6.45, 7) is 4.48. The zero-order chi connectivity index (χ0) is 17.2. The predicted molar refractivity (Wildman–Crippen MR) is 98.6 cm³/mol. The monoisotopic (exact) mass is 325 g/mol. The van der Waals surface area contributed by atoms with Crippen LogP contribution in [0.5, 0.6) is 0 Å². The van der Waals surface area contributed by atoms with Crippen LogP contribution in [-0.2, 0) is 11.2 Å². The molecular formula is C20H27N3O. The quantitative estimate of drug-likeness (QED) is 0.744. The number of benzene rings is 2. The van der Waals surface area contributed by atoms with Gasteiger partial charge in [-0.05, 0) is 24.5 Å². The fourth-order valence-corrected chi connectivity index (χ4v) is 2.70. The van der Waals surface area contributed by atoms with Gasteiger partial charge < -0.3 is 11.1 Å². The Morgan fingerprint density at radius 1 is 1.04 bits per heavy atom. The summed E-state index contributed by atoms with van der Waals surface area (Å²) in [4.78, 5) is 14.4. The van der Waals surface area contributed by atoms with E-state index in [0.717, 1.165) is 25.1 Å². The molecule has 0 spiro atoms. The Balaban J connectivity index is 1.83. The van der Waals surface area contributed by atoms with Crippen LogP contribution in [0.1, 0.15) is 24.1 Å². The van der Waals surface area contributed by atoms with E-state index < -0.39 is 0 Å². The molecular weight excluding hydrogens is 298 g/mol. The Morgan fingerprint density at radius 3 is 2.29 bits per heavy atom. The third-order valence-electron chi connectivity index (χ3n) is 4.05. The average Bonchev–Trinajstić information content (AvgIpc) is 2.61. The van der Waals surface area contributed by atoms with Crippen molar-refractivity contribution in [2.45, 2.75) is 19.4 Å². The molecule has 4 heteroatoms. The molecule has 1 atom stereocenters. The Kier molecular flexibility index (Phi) is 7.46. The number of hydrogen-bond acceptors (Lipinski definition) is 3. The summed E-state index contributed by atoms with van der Waals surface area (Å²) >= 11 is 0. The van der Waals surface area contributed by atoms with Crippen molar-refractivity contribution in [1.29, 1.82) is 0 Å². The highest BCUT2D eigenvalue weighted by atomic mass is 16.2. The number of carbonyl (C=O) groups is 1. The van der Waals surface area contributed by atoms with E-state index in [2.05, 4.69) is 22.3 Å². The van der Waals surface area contributed by atoms with Crippen LogP contribution in [0, 0.1) is 0 Å². The van der Waals surface area contributed by atoms with Crippen LogP contribution in [0.25, 0.3) is 0 Å². The number of amides is 1. The molecule has 0 aromatic heterocycles. The van der Waals surface area contributed by atoms with Crippen LogP contribution in [-0.4, -0.2) is 37.0 Å². The van der Waals surface area contributed by atoms with Crippen LogP contribution >= 0.6 is 0 Å². The first-order valence-electron chi connectivity index (χ1n) is 8.49. The SMILES string of the molecule is CC(NC(=O)CN(CCN)CCc1ccccc1)c1ccccc1. The standard InChI is InChI=1S/C20H27N3O/c1-17(19-10-6-3-7-11-19)22-20(24)16-23(15-13-21)14-12-18-8-4-2-5-9-18/h2-11,17H,12-16,21H2,1H3,(H,22,24). The molecule has 4 nitrogen and oxygen atoms in total. The highest BCUT2D eigenvalue weighted by molar-refractivity contribution is 5.78. The summed E-state index contributed by atoms with van der Waals surface area (Å²) in [6.07, 6.45) is 0.919. The number of hydrogen-bond donors (Lipinski definition) is 2. The molecule has 0 radical (unpaired) electrons. The van der Waals surface area contributed by atoms with Gasteiger partial charge in [0.25, 0.3) is 0 Å². The van der Waals surface area contributed by atoms with Gasteiger partial charge in [-0.1, -0.05) is 60.7 Å². The van der Waals surface area contributed by atoms with Gasteiger partial charge >= 0.3 is 0 Å². The topological polar surface area (TPSA) is 58.4 Å². The maximum absolute atomic E-state index is 12.3. The second-order valence-electron chi connectivity index (χ2n) is 6.00. The highest BCUT2D eigenvalue weighted by Gasteiger charge is 2.13. The van der Waals surface area contributed by atoms with Gasteiger partial charge in [-0.3, -0.25) is 9.69 Å². The van der Waals surface area contributed by atoms with Crippen molar-refractivity contribution in [2.75, 3.05) is 26.2 Å². The van der Waals surface area contributed by atoms with Crippen molar-refractivity contribution >= 4 is 5.91 Å². The van der Waals surface area contributed by atoms with E-state index >= 15 is 0 Å². The fraction of sp³-hybridized carbons (Fsp3) is 0.350. The minimum atomic E-state index is 0.00699. The molecule has 128 valence electrons. The second-order valence-corrected chi connectivity index (χ2v) is 6.00. The van der Waals surface area contributed by atoms with Gasteiger partial charge in [-0.15, -0.1) is 0 Å². The molecule has 24 heavy (non-hydrogen) atoms. The Hall–Kier alpha value is -2.17. The molecule has 0 fully saturated rings. The number of nitrogens with two attached hydrogens (primary N) is 1. The Labute approximate surface area is 144 Å². The molecule has 0 saturated heterocycles. The van der Waals surface area contributed by atoms with Gasteiger partial charge in [-0.2, -0.15) is 0 Å². The molecule has 0 aliphatic rings. The Bertz CT molecular complexity index is 601. The summed E-state index contributed by atoms with van der Waals surface area (Å²) in [7, 11) is 0. The summed E-state index contributed by atoms with van der Waals surface area (Å²) < 4.78 is 0. The molecule has 2 aromatic rings. The first-order valence-corrected chi connectivity index (χ1v) is 8.49. The first-order chi connectivity index (χ1) is 11.7. The van der Waals surface area contributed by atoms with Crippen LogP contribution < -0.4 is 11.1 Å². The number of rotatable bonds is 9. The largest absolute Gasteiger partial charge is 0.348 e. The van der Waals surface area contributed by atoms with E-state index in [0.29, 0.717) is 13.1 Å². The smallest absolute Gasteiger partial charge is 0.234 e. The van der Waals surface area contributed by atoms with Crippen LogP contribution in [0.3, 0.4) is 0 Å². The van der Waals surface area contributed by atoms with Gasteiger partial charge in [0.1, 0.15) is 0 Å². The summed E-state index contributed by atoms with van der Waals surface area (Å²) in [5.74, 6) is 0.0351. The maximum atomic E-state index is 12.3. The van der Waals surface area contributed by atoms with Gasteiger partial charge in [0.15, 0.2) is 0 Å². The Morgan fingerprint density at radius 2 is 1.67 bits per heavy atom. The van der Waals surface area contributed by atoms with Gasteiger partial charge in [0.05, 0.1) is 12.6 Å². The van der Waals surface area contributed by atoms with E-state index in [9.17, 15) is 4.79 Å². The van der Waals surface area contributed by atoms with E-state index in [4.69, 9.17) is 5.73 Å². The van der Waals surface area contributed by atoms with Crippen molar-refractivity contribution < 1.29 is 4.79 Å². The molecule has 0 aliphatic carbocycles. The van der Waals surface area contributed by atoms with Gasteiger partial charge in [0.2, 0.25) is 5.91 Å². The van der Waals surface area contributed by atoms with E-state index in [1.165, 1.54) is 5.56 Å². The average molecular weight is 325 g/mol. The summed E-state index contributed by atoms with van der Waals surface area (Å²) in [6, 6.07) is 20.3. The zero-order valence-corrected chi connectivity index (χ0v) is 14.3. The van der Waals surface area contributed by atoms with E-state index in [1.54, 1.807) is 0 Å². The van der Waals surface area contributed by atoms with Crippen molar-refractivity contribution in [1.82, 2.24) is 10.2 Å². The molecule has 0 aliphatic heterocycles. The van der Waals surface area contributed by atoms with Crippen molar-refractivity contribution in [3.63, 3.8) is 0 Å². The minimum Gasteiger partial charge on any atom is -0.348 e. The van der Waals surface area contributed by atoms with Crippen molar-refractivity contribution in [2.24, 2.45) is 5.73 Å². The summed E-state index contributed by atoms with van der Waals surface area (Å²) in [5, 5.41) is 3.06. The molecule has 0 saturated carbocycles. The highest BCUT2D eigenvalue weighted by Crippen LogP contribution is 2.11. The zero-order valence-electron chi connectivity index (χ0n) is 14.3. The molecule has 1 amide bonds. The lowest BCUT2D eigenvalue weighted by molar-refractivity contribution is -0.122. The van der Waals surface area contributed by atoms with Crippen molar-refractivity contribution in [3.05, 3.63) is 71.8 Å². The predicted octanol–water partition coefficient (Wildman–Crippen LogP) is 2.37. The van der Waals surface area contributed by atoms with E-state index in [-0.39, 0.29) is 11.9 Å². The minimum absolute atomic E-state index is 0.00699. The van der Waals surface area contributed by atoms with Crippen LogP contribution in [0.4, 0.5) is 0 Å². The lowest BCUT2D eigenvalue weighted by atomic mass is 10.1.